The summed E-state index contributed by atoms with van der Waals surface area (Å²) in [5.74, 6) is -0.0672. The van der Waals surface area contributed by atoms with Gasteiger partial charge in [0.1, 0.15) is 0 Å². The van der Waals surface area contributed by atoms with Gasteiger partial charge in [0.05, 0.1) is 5.92 Å². The minimum absolute atomic E-state index is 0.0649. The first-order valence-electron chi connectivity index (χ1n) is 4.18. The highest BCUT2D eigenvalue weighted by Gasteiger charge is 2.54. The van der Waals surface area contributed by atoms with Gasteiger partial charge in [0.2, 0.25) is 0 Å². The van der Waals surface area contributed by atoms with Crippen molar-refractivity contribution in [3.63, 3.8) is 0 Å². The van der Waals surface area contributed by atoms with Crippen LogP contribution in [0, 0.1) is 17.3 Å². The molecule has 11 heavy (non-hydrogen) atoms. The van der Waals surface area contributed by atoms with E-state index in [9.17, 15) is 4.79 Å². The molecule has 0 radical (unpaired) electrons. The van der Waals surface area contributed by atoms with E-state index < -0.39 is 5.97 Å². The van der Waals surface area contributed by atoms with Gasteiger partial charge in [0.25, 0.3) is 0 Å². The fourth-order valence-corrected chi connectivity index (χ4v) is 1.95. The van der Waals surface area contributed by atoms with E-state index in [1.807, 2.05) is 0 Å². The molecule has 1 fully saturated rings. The Morgan fingerprint density at radius 3 is 2.55 bits per heavy atom. The summed E-state index contributed by atoms with van der Waals surface area (Å²) in [7, 11) is 0. The molecule has 0 spiro atoms. The fourth-order valence-electron chi connectivity index (χ4n) is 1.95. The second-order valence-corrected chi connectivity index (χ2v) is 4.35. The molecule has 0 amide bonds. The minimum Gasteiger partial charge on any atom is -0.481 e. The first-order chi connectivity index (χ1) is 4.96. The topological polar surface area (TPSA) is 37.3 Å². The molecular weight excluding hydrogens is 140 g/mol. The Kier molecular flexibility index (Phi) is 1.95. The van der Waals surface area contributed by atoms with E-state index in [2.05, 4.69) is 20.8 Å². The Morgan fingerprint density at radius 1 is 1.73 bits per heavy atom. The number of carboxylic acids is 1. The number of carboxylic acid groups (broad SMARTS) is 1. The van der Waals surface area contributed by atoms with Crippen LogP contribution in [0.1, 0.15) is 33.6 Å². The predicted molar refractivity (Wildman–Crippen MR) is 43.3 cm³/mol. The second kappa shape index (κ2) is 2.50. The van der Waals surface area contributed by atoms with Crippen molar-refractivity contribution in [1.29, 1.82) is 0 Å². The zero-order chi connectivity index (χ0) is 8.65. The summed E-state index contributed by atoms with van der Waals surface area (Å²) in [6.45, 7) is 6.36. The summed E-state index contributed by atoms with van der Waals surface area (Å²) in [5, 5.41) is 8.70. The van der Waals surface area contributed by atoms with E-state index in [4.69, 9.17) is 5.11 Å². The van der Waals surface area contributed by atoms with E-state index in [0.717, 1.165) is 12.8 Å². The molecule has 64 valence electrons. The molecule has 0 aromatic carbocycles. The van der Waals surface area contributed by atoms with Gasteiger partial charge in [0, 0.05) is 0 Å². The maximum Gasteiger partial charge on any atom is 0.307 e. The lowest BCUT2D eigenvalue weighted by atomic mass is 9.94. The lowest BCUT2D eigenvalue weighted by molar-refractivity contribution is -0.139. The van der Waals surface area contributed by atoms with E-state index in [1.54, 1.807) is 0 Å². The molecule has 2 atom stereocenters. The van der Waals surface area contributed by atoms with E-state index in [-0.39, 0.29) is 11.3 Å². The average molecular weight is 156 g/mol. The molecule has 0 aliphatic heterocycles. The van der Waals surface area contributed by atoms with Crippen LogP contribution in [-0.4, -0.2) is 11.1 Å². The van der Waals surface area contributed by atoms with Crippen LogP contribution in [0.3, 0.4) is 0 Å². The Balaban J connectivity index is 2.43. The molecule has 1 rings (SSSR count). The Bertz CT molecular complexity index is 174. The fraction of sp³-hybridized carbons (Fsp3) is 0.889. The van der Waals surface area contributed by atoms with Crippen LogP contribution in [0.2, 0.25) is 0 Å². The highest BCUT2D eigenvalue weighted by atomic mass is 16.4. The maximum absolute atomic E-state index is 10.6. The first-order valence-corrected chi connectivity index (χ1v) is 4.18. The maximum atomic E-state index is 10.6. The lowest BCUT2D eigenvalue weighted by Gasteiger charge is -2.11. The van der Waals surface area contributed by atoms with Gasteiger partial charge in [0.15, 0.2) is 0 Å². The third-order valence-corrected chi connectivity index (χ3v) is 2.52. The van der Waals surface area contributed by atoms with Crippen LogP contribution >= 0.6 is 0 Å². The smallest absolute Gasteiger partial charge is 0.307 e. The highest BCUT2D eigenvalue weighted by Crippen LogP contribution is 2.56. The van der Waals surface area contributed by atoms with Crippen molar-refractivity contribution in [1.82, 2.24) is 0 Å². The lowest BCUT2D eigenvalue weighted by Crippen LogP contribution is -2.09. The number of carbonyl (C=O) groups is 1. The predicted octanol–water partition coefficient (Wildman–Crippen LogP) is 2.14. The van der Waals surface area contributed by atoms with Crippen molar-refractivity contribution in [3.05, 3.63) is 0 Å². The quantitative estimate of drug-likeness (QED) is 0.679. The van der Waals surface area contributed by atoms with Crippen molar-refractivity contribution in [2.24, 2.45) is 17.3 Å². The summed E-state index contributed by atoms with van der Waals surface area (Å²) in [4.78, 5) is 10.6. The highest BCUT2D eigenvalue weighted by molar-refractivity contribution is 5.74. The number of hydrogen-bond donors (Lipinski definition) is 1. The third-order valence-electron chi connectivity index (χ3n) is 2.52. The number of rotatable bonds is 3. The van der Waals surface area contributed by atoms with Gasteiger partial charge in [-0.2, -0.15) is 0 Å². The molecule has 2 heteroatoms. The molecule has 0 aromatic heterocycles. The van der Waals surface area contributed by atoms with Gasteiger partial charge in [-0.25, -0.2) is 0 Å². The van der Waals surface area contributed by atoms with Crippen molar-refractivity contribution in [2.45, 2.75) is 33.6 Å². The summed E-state index contributed by atoms with van der Waals surface area (Å²) in [6, 6.07) is 0. The molecular formula is C9H16O2. The van der Waals surface area contributed by atoms with Crippen LogP contribution in [0.4, 0.5) is 0 Å². The molecule has 0 saturated heterocycles. The van der Waals surface area contributed by atoms with Gasteiger partial charge >= 0.3 is 5.97 Å². The van der Waals surface area contributed by atoms with Gasteiger partial charge in [-0.15, -0.1) is 0 Å². The molecule has 1 saturated carbocycles. The van der Waals surface area contributed by atoms with Gasteiger partial charge in [-0.05, 0) is 24.2 Å². The van der Waals surface area contributed by atoms with Crippen molar-refractivity contribution < 1.29 is 9.90 Å². The molecule has 0 bridgehead atoms. The molecule has 0 heterocycles. The van der Waals surface area contributed by atoms with Crippen molar-refractivity contribution in [3.8, 4) is 0 Å². The van der Waals surface area contributed by atoms with Crippen LogP contribution in [-0.2, 0) is 4.79 Å². The second-order valence-electron chi connectivity index (χ2n) is 4.35. The Labute approximate surface area is 67.6 Å². The molecule has 1 aliphatic rings. The minimum atomic E-state index is -0.617. The average Bonchev–Trinajstić information content (AvgIpc) is 2.39. The van der Waals surface area contributed by atoms with E-state index in [1.165, 1.54) is 0 Å². The van der Waals surface area contributed by atoms with Crippen LogP contribution < -0.4 is 0 Å². The molecule has 2 nitrogen and oxygen atoms in total. The normalized spacial score (nSPS) is 35.8. The Morgan fingerprint density at radius 2 is 2.27 bits per heavy atom. The van der Waals surface area contributed by atoms with Gasteiger partial charge in [-0.1, -0.05) is 20.8 Å². The van der Waals surface area contributed by atoms with Gasteiger partial charge in [-0.3, -0.25) is 4.79 Å². The largest absolute Gasteiger partial charge is 0.481 e. The summed E-state index contributed by atoms with van der Waals surface area (Å²) < 4.78 is 0. The number of hydrogen-bond acceptors (Lipinski definition) is 1. The zero-order valence-corrected chi connectivity index (χ0v) is 7.42. The van der Waals surface area contributed by atoms with Crippen molar-refractivity contribution in [2.75, 3.05) is 0 Å². The summed E-state index contributed by atoms with van der Waals surface area (Å²) in [5.41, 5.74) is 0.111. The molecule has 2 unspecified atom stereocenters. The molecule has 0 aromatic rings. The summed E-state index contributed by atoms with van der Waals surface area (Å²) in [6.07, 6.45) is 1.92. The SMILES string of the molecule is CC(C)CC1(C)CC1C(=O)O. The van der Waals surface area contributed by atoms with Crippen molar-refractivity contribution >= 4 is 5.97 Å². The van der Waals surface area contributed by atoms with Crippen LogP contribution in [0.15, 0.2) is 0 Å². The van der Waals surface area contributed by atoms with Crippen LogP contribution in [0.25, 0.3) is 0 Å². The molecule has 1 N–H and O–H groups in total. The first kappa shape index (κ1) is 8.57. The third kappa shape index (κ3) is 1.73. The summed E-state index contributed by atoms with van der Waals surface area (Å²) >= 11 is 0. The molecule has 1 aliphatic carbocycles. The number of aliphatic carboxylic acids is 1. The van der Waals surface area contributed by atoms with Crippen LogP contribution in [0.5, 0.6) is 0 Å². The Hall–Kier alpha value is -0.530. The van der Waals surface area contributed by atoms with E-state index in [0.29, 0.717) is 5.92 Å². The monoisotopic (exact) mass is 156 g/mol. The van der Waals surface area contributed by atoms with E-state index >= 15 is 0 Å². The zero-order valence-electron chi connectivity index (χ0n) is 7.42. The standard InChI is InChI=1S/C9H16O2/c1-6(2)4-9(3)5-7(9)8(10)11/h6-7H,4-5H2,1-3H3,(H,10,11). The van der Waals surface area contributed by atoms with Gasteiger partial charge < -0.3 is 5.11 Å².